The van der Waals surface area contributed by atoms with Crippen LogP contribution in [-0.2, 0) is 39.9 Å². The van der Waals surface area contributed by atoms with Gasteiger partial charge in [0.15, 0.2) is 12.4 Å². The van der Waals surface area contributed by atoms with Crippen LogP contribution in [0.25, 0.3) is 0 Å². The Morgan fingerprint density at radius 1 is 1.03 bits per heavy atom. The van der Waals surface area contributed by atoms with Crippen LogP contribution < -0.4 is 0 Å². The number of benzene rings is 1. The lowest BCUT2D eigenvalue weighted by Crippen LogP contribution is -2.61. The molecule has 0 unspecified atom stereocenters. The Kier molecular flexibility index (Phi) is 9.64. The maximum Gasteiger partial charge on any atom is 0.303 e. The van der Waals surface area contributed by atoms with Gasteiger partial charge < -0.3 is 28.8 Å². The largest absolute Gasteiger partial charge is 0.463 e. The van der Waals surface area contributed by atoms with Gasteiger partial charge in [0.1, 0.15) is 24.9 Å². The Morgan fingerprint density at radius 3 is 2.29 bits per heavy atom. The molecule has 0 spiro atoms. The molecular formula is C22H34O8Si. The van der Waals surface area contributed by atoms with Crippen LogP contribution >= 0.6 is 0 Å². The molecule has 0 amide bonds. The normalized spacial score (nSPS) is 26.3. The van der Waals surface area contributed by atoms with Crippen molar-refractivity contribution in [1.29, 1.82) is 0 Å². The van der Waals surface area contributed by atoms with Gasteiger partial charge in [0.05, 0.1) is 6.61 Å². The summed E-state index contributed by atoms with van der Waals surface area (Å²) in [5.41, 5.74) is 0.899. The van der Waals surface area contributed by atoms with Crippen LogP contribution in [0.15, 0.2) is 30.3 Å². The topological polar surface area (TPSA) is 101 Å². The van der Waals surface area contributed by atoms with Crippen molar-refractivity contribution >= 4 is 20.0 Å². The molecule has 0 aromatic heterocycles. The minimum Gasteiger partial charge on any atom is -0.463 e. The molecule has 1 aliphatic rings. The summed E-state index contributed by atoms with van der Waals surface area (Å²) in [5, 5.41) is 11.0. The number of ether oxygens (including phenoxy) is 5. The van der Waals surface area contributed by atoms with Crippen LogP contribution in [0.3, 0.4) is 0 Å². The Hall–Kier alpha value is -1.78. The number of hydrogen-bond donors (Lipinski definition) is 1. The number of aliphatic hydroxyl groups excluding tert-OH is 1. The number of hydrogen-bond acceptors (Lipinski definition) is 8. The molecule has 1 aromatic carbocycles. The molecule has 174 valence electrons. The number of carbonyl (C=O) groups excluding carboxylic acids is 2. The molecule has 2 rings (SSSR count). The van der Waals surface area contributed by atoms with E-state index in [1.165, 1.54) is 13.8 Å². The molecule has 0 bridgehead atoms. The van der Waals surface area contributed by atoms with Crippen molar-refractivity contribution in [2.75, 3.05) is 13.2 Å². The Balaban J connectivity index is 2.19. The molecule has 1 aromatic rings. The van der Waals surface area contributed by atoms with Gasteiger partial charge in [0.2, 0.25) is 0 Å². The molecule has 0 aliphatic carbocycles. The van der Waals surface area contributed by atoms with E-state index in [1.54, 1.807) is 0 Å². The van der Waals surface area contributed by atoms with Crippen molar-refractivity contribution in [2.24, 2.45) is 0 Å². The predicted molar refractivity (Wildman–Crippen MR) is 116 cm³/mol. The molecule has 31 heavy (non-hydrogen) atoms. The first-order chi connectivity index (χ1) is 14.6. The summed E-state index contributed by atoms with van der Waals surface area (Å²) in [7, 11) is -1.35. The van der Waals surface area contributed by atoms with E-state index in [0.717, 1.165) is 11.6 Å². The van der Waals surface area contributed by atoms with Crippen molar-refractivity contribution in [3.05, 3.63) is 35.9 Å². The average Bonchev–Trinajstić information content (AvgIpc) is 2.67. The molecule has 1 heterocycles. The van der Waals surface area contributed by atoms with Crippen molar-refractivity contribution in [2.45, 2.75) is 76.8 Å². The summed E-state index contributed by atoms with van der Waals surface area (Å²) in [6, 6.07) is 10.3. The van der Waals surface area contributed by atoms with Gasteiger partial charge >= 0.3 is 11.9 Å². The quantitative estimate of drug-likeness (QED) is 0.425. The molecule has 1 N–H and O–H groups in total. The van der Waals surface area contributed by atoms with E-state index in [0.29, 0.717) is 6.61 Å². The fourth-order valence-electron chi connectivity index (χ4n) is 3.14. The summed E-state index contributed by atoms with van der Waals surface area (Å²) in [5.74, 6) is -1.05. The highest BCUT2D eigenvalue weighted by molar-refractivity contribution is 6.76. The molecule has 0 saturated carbocycles. The monoisotopic (exact) mass is 454 g/mol. The fourth-order valence-corrected chi connectivity index (χ4v) is 3.87. The summed E-state index contributed by atoms with van der Waals surface area (Å²) >= 11 is 0. The van der Waals surface area contributed by atoms with E-state index in [-0.39, 0.29) is 13.2 Å². The van der Waals surface area contributed by atoms with E-state index in [4.69, 9.17) is 23.7 Å². The Bertz CT molecular complexity index is 705. The van der Waals surface area contributed by atoms with Crippen molar-refractivity contribution < 1.29 is 38.4 Å². The molecule has 9 heteroatoms. The molecular weight excluding hydrogens is 420 g/mol. The first-order valence-corrected chi connectivity index (χ1v) is 14.2. The maximum absolute atomic E-state index is 11.7. The molecule has 1 fully saturated rings. The van der Waals surface area contributed by atoms with Gasteiger partial charge in [-0.1, -0.05) is 50.0 Å². The van der Waals surface area contributed by atoms with Crippen LogP contribution in [0.2, 0.25) is 25.7 Å². The molecule has 1 saturated heterocycles. The molecule has 1 aliphatic heterocycles. The Labute approximate surface area is 184 Å². The summed E-state index contributed by atoms with van der Waals surface area (Å²) < 4.78 is 28.2. The Morgan fingerprint density at radius 2 is 1.71 bits per heavy atom. The van der Waals surface area contributed by atoms with Gasteiger partial charge in [-0.2, -0.15) is 0 Å². The van der Waals surface area contributed by atoms with Crippen molar-refractivity contribution in [3.63, 3.8) is 0 Å². The zero-order chi connectivity index (χ0) is 23.0. The zero-order valence-corrected chi connectivity index (χ0v) is 19.9. The van der Waals surface area contributed by atoms with E-state index in [9.17, 15) is 14.7 Å². The average molecular weight is 455 g/mol. The standard InChI is InChI=1S/C22H34O8Si/c1-15(23)27-14-18-20(29-16(2)24)21(28-13-17-9-7-6-8-10-17)19(25)22(30-18)26-11-12-31(3,4)5/h6-10,18-22,25H,11-14H2,1-5H3/t18-,19-,20+,21-,22-/m1/s1. The number of esters is 2. The van der Waals surface area contributed by atoms with E-state index in [2.05, 4.69) is 19.6 Å². The van der Waals surface area contributed by atoms with Crippen LogP contribution in [0.5, 0.6) is 0 Å². The third-order valence-corrected chi connectivity index (χ3v) is 6.49. The van der Waals surface area contributed by atoms with Crippen molar-refractivity contribution in [1.82, 2.24) is 0 Å². The van der Waals surface area contributed by atoms with Gasteiger partial charge in [0, 0.05) is 28.5 Å². The molecule has 5 atom stereocenters. The fraction of sp³-hybridized carbons (Fsp3) is 0.636. The third kappa shape index (κ3) is 8.70. The SMILES string of the molecule is CC(=O)OC[C@H]1O[C@@H](OCC[Si](C)(C)C)[C@H](O)[C@@H](OCc2ccccc2)[C@H]1OC(C)=O. The second kappa shape index (κ2) is 11.7. The first-order valence-electron chi connectivity index (χ1n) is 10.5. The lowest BCUT2D eigenvalue weighted by atomic mass is 9.98. The van der Waals surface area contributed by atoms with Crippen LogP contribution in [-0.4, -0.2) is 69.0 Å². The van der Waals surface area contributed by atoms with E-state index < -0.39 is 50.7 Å². The number of rotatable bonds is 10. The van der Waals surface area contributed by atoms with Gasteiger partial charge in [-0.25, -0.2) is 0 Å². The van der Waals surface area contributed by atoms with Gasteiger partial charge in [-0.15, -0.1) is 0 Å². The van der Waals surface area contributed by atoms with Crippen LogP contribution in [0, 0.1) is 0 Å². The smallest absolute Gasteiger partial charge is 0.303 e. The first kappa shape index (κ1) is 25.5. The number of carbonyl (C=O) groups is 2. The zero-order valence-electron chi connectivity index (χ0n) is 18.9. The second-order valence-corrected chi connectivity index (χ2v) is 14.5. The van der Waals surface area contributed by atoms with Gasteiger partial charge in [0.25, 0.3) is 0 Å². The molecule has 0 radical (unpaired) electrons. The van der Waals surface area contributed by atoms with Gasteiger partial charge in [-0.3, -0.25) is 9.59 Å². The second-order valence-electron chi connectivity index (χ2n) is 8.85. The lowest BCUT2D eigenvalue weighted by molar-refractivity contribution is -0.310. The highest BCUT2D eigenvalue weighted by Crippen LogP contribution is 2.28. The third-order valence-electron chi connectivity index (χ3n) is 4.79. The minimum atomic E-state index is -1.35. The van der Waals surface area contributed by atoms with E-state index >= 15 is 0 Å². The predicted octanol–water partition coefficient (Wildman–Crippen LogP) is 2.51. The van der Waals surface area contributed by atoms with Crippen LogP contribution in [0.1, 0.15) is 19.4 Å². The molecule has 8 nitrogen and oxygen atoms in total. The summed E-state index contributed by atoms with van der Waals surface area (Å²) in [6.07, 6.45) is -4.91. The maximum atomic E-state index is 11.7. The number of aliphatic hydroxyl groups is 1. The highest BCUT2D eigenvalue weighted by Gasteiger charge is 2.49. The highest BCUT2D eigenvalue weighted by atomic mass is 28.3. The van der Waals surface area contributed by atoms with E-state index in [1.807, 2.05) is 30.3 Å². The lowest BCUT2D eigenvalue weighted by Gasteiger charge is -2.43. The summed E-state index contributed by atoms with van der Waals surface area (Å²) in [4.78, 5) is 23.1. The summed E-state index contributed by atoms with van der Waals surface area (Å²) in [6.45, 7) is 9.67. The minimum absolute atomic E-state index is 0.154. The van der Waals surface area contributed by atoms with Gasteiger partial charge in [-0.05, 0) is 11.6 Å². The van der Waals surface area contributed by atoms with Crippen LogP contribution in [0.4, 0.5) is 0 Å². The van der Waals surface area contributed by atoms with Crippen molar-refractivity contribution in [3.8, 4) is 0 Å².